The number of nitrogens with zero attached hydrogens (tertiary/aromatic N) is 3. The van der Waals surface area contributed by atoms with Gasteiger partial charge >= 0.3 is 5.97 Å². The number of carboxylic acids is 1. The average molecular weight is 296 g/mol. The fourth-order valence-electron chi connectivity index (χ4n) is 2.17. The molecule has 0 bridgehead atoms. The van der Waals surface area contributed by atoms with Crippen molar-refractivity contribution < 1.29 is 14.7 Å². The van der Waals surface area contributed by atoms with Gasteiger partial charge in [-0.1, -0.05) is 19.1 Å². The second-order valence-corrected chi connectivity index (χ2v) is 5.49. The number of aryl methyl sites for hydroxylation is 1. The number of aromatic nitrogens is 3. The van der Waals surface area contributed by atoms with Crippen LogP contribution in [0.25, 0.3) is 0 Å². The van der Waals surface area contributed by atoms with Crippen molar-refractivity contribution in [2.75, 3.05) is 6.54 Å². The van der Waals surface area contributed by atoms with Gasteiger partial charge in [0, 0.05) is 25.6 Å². The van der Waals surface area contributed by atoms with E-state index in [2.05, 4.69) is 29.5 Å². The number of amides is 1. The summed E-state index contributed by atoms with van der Waals surface area (Å²) in [5.41, 5.74) is 0. The summed E-state index contributed by atoms with van der Waals surface area (Å²) in [6.07, 6.45) is 5.30. The Morgan fingerprint density at radius 1 is 1.29 bits per heavy atom. The number of aliphatic carboxylic acids is 1. The van der Waals surface area contributed by atoms with E-state index in [4.69, 9.17) is 5.11 Å². The molecule has 1 rings (SSSR count). The number of rotatable bonds is 10. The van der Waals surface area contributed by atoms with Crippen LogP contribution in [-0.4, -0.2) is 38.5 Å². The van der Waals surface area contributed by atoms with Gasteiger partial charge in [-0.15, -0.1) is 5.10 Å². The molecule has 0 saturated carbocycles. The van der Waals surface area contributed by atoms with Crippen molar-refractivity contribution in [1.29, 1.82) is 0 Å². The number of carbonyl (C=O) groups excluding carboxylic acids is 1. The van der Waals surface area contributed by atoms with Crippen LogP contribution in [0.4, 0.5) is 0 Å². The Morgan fingerprint density at radius 2 is 2.05 bits per heavy atom. The molecule has 0 aliphatic rings. The number of carboxylic acid groups (broad SMARTS) is 1. The van der Waals surface area contributed by atoms with Gasteiger partial charge in [0.25, 0.3) is 0 Å². The molecule has 2 N–H and O–H groups in total. The summed E-state index contributed by atoms with van der Waals surface area (Å²) in [6, 6.07) is 0. The van der Waals surface area contributed by atoms with E-state index in [0.717, 1.165) is 6.42 Å². The third-order valence-electron chi connectivity index (χ3n) is 3.55. The van der Waals surface area contributed by atoms with E-state index in [-0.39, 0.29) is 12.3 Å². The molecule has 0 radical (unpaired) electrons. The van der Waals surface area contributed by atoms with E-state index in [0.29, 0.717) is 37.8 Å². The fraction of sp³-hybridized carbons (Fsp3) is 0.714. The van der Waals surface area contributed by atoms with Gasteiger partial charge < -0.3 is 10.4 Å². The van der Waals surface area contributed by atoms with Crippen LogP contribution in [-0.2, 0) is 16.1 Å². The molecule has 1 aromatic heterocycles. The second-order valence-electron chi connectivity index (χ2n) is 5.49. The maximum Gasteiger partial charge on any atom is 0.303 e. The van der Waals surface area contributed by atoms with Crippen LogP contribution in [0.15, 0.2) is 12.4 Å². The highest BCUT2D eigenvalue weighted by Crippen LogP contribution is 2.20. The molecule has 1 atom stereocenters. The van der Waals surface area contributed by atoms with Crippen LogP contribution in [0.2, 0.25) is 0 Å². The standard InChI is InChI=1S/C14H24N4O3/c1-11(2)12(3-4-14(20)21)5-7-15-13(19)6-9-18-10-8-16-17-18/h8,10-12H,3-7,9H2,1-2H3,(H,15,19)(H,20,21). The normalized spacial score (nSPS) is 12.3. The third kappa shape index (κ3) is 7.43. The molecule has 0 fully saturated rings. The summed E-state index contributed by atoms with van der Waals surface area (Å²) in [5.74, 6) is -0.0584. The summed E-state index contributed by atoms with van der Waals surface area (Å²) in [6.45, 7) is 5.26. The van der Waals surface area contributed by atoms with Gasteiger partial charge in [0.05, 0.1) is 12.7 Å². The summed E-state index contributed by atoms with van der Waals surface area (Å²) in [4.78, 5) is 22.3. The minimum Gasteiger partial charge on any atom is -0.481 e. The van der Waals surface area contributed by atoms with Crippen molar-refractivity contribution in [1.82, 2.24) is 20.3 Å². The first kappa shape index (κ1) is 17.1. The zero-order valence-electron chi connectivity index (χ0n) is 12.7. The van der Waals surface area contributed by atoms with E-state index in [1.54, 1.807) is 17.1 Å². The van der Waals surface area contributed by atoms with E-state index in [1.165, 1.54) is 0 Å². The molecule has 7 nitrogen and oxygen atoms in total. The molecule has 0 aromatic carbocycles. The molecule has 1 heterocycles. The average Bonchev–Trinajstić information content (AvgIpc) is 2.92. The highest BCUT2D eigenvalue weighted by Gasteiger charge is 2.15. The number of hydrogen-bond acceptors (Lipinski definition) is 4. The molecular formula is C14H24N4O3. The van der Waals surface area contributed by atoms with E-state index in [9.17, 15) is 9.59 Å². The Morgan fingerprint density at radius 3 is 2.62 bits per heavy atom. The van der Waals surface area contributed by atoms with Crippen LogP contribution in [0.5, 0.6) is 0 Å². The van der Waals surface area contributed by atoms with Crippen LogP contribution < -0.4 is 5.32 Å². The van der Waals surface area contributed by atoms with Gasteiger partial charge in [-0.2, -0.15) is 0 Å². The van der Waals surface area contributed by atoms with Gasteiger partial charge in [0.1, 0.15) is 0 Å². The van der Waals surface area contributed by atoms with E-state index >= 15 is 0 Å². The number of hydrogen-bond donors (Lipinski definition) is 2. The van der Waals surface area contributed by atoms with Crippen molar-refractivity contribution in [3.05, 3.63) is 12.4 Å². The Hall–Kier alpha value is -1.92. The maximum atomic E-state index is 11.7. The summed E-state index contributed by atoms with van der Waals surface area (Å²) in [7, 11) is 0. The van der Waals surface area contributed by atoms with Crippen LogP contribution in [0.1, 0.15) is 39.5 Å². The lowest BCUT2D eigenvalue weighted by Crippen LogP contribution is -2.28. The first-order chi connectivity index (χ1) is 9.99. The maximum absolute atomic E-state index is 11.7. The van der Waals surface area contributed by atoms with E-state index < -0.39 is 5.97 Å². The molecule has 21 heavy (non-hydrogen) atoms. The Labute approximate surface area is 124 Å². The summed E-state index contributed by atoms with van der Waals surface area (Å²) < 4.78 is 1.61. The van der Waals surface area contributed by atoms with Crippen LogP contribution in [0, 0.1) is 11.8 Å². The van der Waals surface area contributed by atoms with Crippen molar-refractivity contribution in [2.45, 2.75) is 46.1 Å². The predicted molar refractivity (Wildman–Crippen MR) is 77.5 cm³/mol. The topological polar surface area (TPSA) is 97.1 Å². The SMILES string of the molecule is CC(C)C(CCNC(=O)CCn1ccnn1)CCC(=O)O. The first-order valence-corrected chi connectivity index (χ1v) is 7.31. The molecular weight excluding hydrogens is 272 g/mol. The van der Waals surface area contributed by atoms with Gasteiger partial charge in [-0.3, -0.25) is 14.3 Å². The minimum atomic E-state index is -0.766. The Bertz CT molecular complexity index is 431. The van der Waals surface area contributed by atoms with Gasteiger partial charge in [-0.05, 0) is 24.7 Å². The molecule has 118 valence electrons. The monoisotopic (exact) mass is 296 g/mol. The van der Waals surface area contributed by atoms with Gasteiger partial charge in [0.15, 0.2) is 0 Å². The molecule has 1 aromatic rings. The summed E-state index contributed by atoms with van der Waals surface area (Å²) in [5, 5.41) is 19.1. The predicted octanol–water partition coefficient (Wildman–Crippen LogP) is 1.31. The van der Waals surface area contributed by atoms with Crippen LogP contribution in [0.3, 0.4) is 0 Å². The zero-order chi connectivity index (χ0) is 15.7. The van der Waals surface area contributed by atoms with E-state index in [1.807, 2.05) is 0 Å². The van der Waals surface area contributed by atoms with Crippen molar-refractivity contribution in [3.8, 4) is 0 Å². The number of carbonyl (C=O) groups is 2. The highest BCUT2D eigenvalue weighted by atomic mass is 16.4. The van der Waals surface area contributed by atoms with Gasteiger partial charge in [0.2, 0.25) is 5.91 Å². The lowest BCUT2D eigenvalue weighted by molar-refractivity contribution is -0.137. The molecule has 7 heteroatoms. The Kier molecular flexibility index (Phi) is 7.42. The van der Waals surface area contributed by atoms with Crippen molar-refractivity contribution in [2.24, 2.45) is 11.8 Å². The molecule has 1 unspecified atom stereocenters. The molecule has 0 aliphatic heterocycles. The lowest BCUT2D eigenvalue weighted by atomic mass is 9.88. The molecule has 0 aliphatic carbocycles. The summed E-state index contributed by atoms with van der Waals surface area (Å²) >= 11 is 0. The lowest BCUT2D eigenvalue weighted by Gasteiger charge is -2.20. The van der Waals surface area contributed by atoms with Crippen LogP contribution >= 0.6 is 0 Å². The zero-order valence-corrected chi connectivity index (χ0v) is 12.7. The minimum absolute atomic E-state index is 0.0220. The van der Waals surface area contributed by atoms with Gasteiger partial charge in [-0.25, -0.2) is 0 Å². The molecule has 1 amide bonds. The third-order valence-corrected chi connectivity index (χ3v) is 3.55. The Balaban J connectivity index is 2.20. The smallest absolute Gasteiger partial charge is 0.303 e. The molecule has 0 spiro atoms. The second kappa shape index (κ2) is 9.10. The fourth-order valence-corrected chi connectivity index (χ4v) is 2.17. The van der Waals surface area contributed by atoms with Crippen molar-refractivity contribution >= 4 is 11.9 Å². The van der Waals surface area contributed by atoms with Crippen molar-refractivity contribution in [3.63, 3.8) is 0 Å². The first-order valence-electron chi connectivity index (χ1n) is 7.31. The quantitative estimate of drug-likeness (QED) is 0.678. The largest absolute Gasteiger partial charge is 0.481 e. The highest BCUT2D eigenvalue weighted by molar-refractivity contribution is 5.75. The number of nitrogens with one attached hydrogen (secondary N) is 1. The molecule has 0 saturated heterocycles.